The Morgan fingerprint density at radius 3 is 1.40 bits per heavy atom. The number of carbonyl (C=O) groups excluding carboxylic acids is 2. The van der Waals surface area contributed by atoms with E-state index in [1.54, 1.807) is 0 Å². The Bertz CT molecular complexity index is 238. The average molecular weight is 290 g/mol. The second-order valence-corrected chi connectivity index (χ2v) is 4.17. The van der Waals surface area contributed by atoms with Gasteiger partial charge in [-0.15, -0.1) is 0 Å². The number of hydrogen-bond acceptors (Lipinski definition) is 6. The monoisotopic (exact) mass is 290 g/mol. The van der Waals surface area contributed by atoms with E-state index in [1.807, 2.05) is 0 Å². The first kappa shape index (κ1) is 18.8. The molecule has 8 heteroatoms. The molecule has 118 valence electrons. The zero-order valence-corrected chi connectivity index (χ0v) is 11.8. The molecule has 0 fully saturated rings. The minimum Gasteiger partial charge on any atom is -0.395 e. The zero-order chi connectivity index (χ0) is 15.1. The van der Waals surface area contributed by atoms with E-state index in [0.717, 1.165) is 0 Å². The lowest BCUT2D eigenvalue weighted by molar-refractivity contribution is -0.139. The second-order valence-electron chi connectivity index (χ2n) is 4.17. The van der Waals surface area contributed by atoms with Gasteiger partial charge in [-0.1, -0.05) is 0 Å². The molecule has 8 nitrogen and oxygen atoms in total. The van der Waals surface area contributed by atoms with Gasteiger partial charge in [0.15, 0.2) is 0 Å². The van der Waals surface area contributed by atoms with Gasteiger partial charge in [0.2, 0.25) is 0 Å². The van der Waals surface area contributed by atoms with E-state index < -0.39 is 11.8 Å². The van der Waals surface area contributed by atoms with Gasteiger partial charge in [-0.3, -0.25) is 9.59 Å². The summed E-state index contributed by atoms with van der Waals surface area (Å²) in [5, 5.41) is 28.0. The highest BCUT2D eigenvalue weighted by Gasteiger charge is 2.11. The van der Waals surface area contributed by atoms with E-state index in [-0.39, 0.29) is 13.2 Å². The van der Waals surface area contributed by atoms with Gasteiger partial charge in [-0.25, -0.2) is 0 Å². The molecule has 0 aliphatic rings. The molecule has 0 heterocycles. The predicted octanol–water partition coefficient (Wildman–Crippen LogP) is -2.84. The Hall–Kier alpha value is -1.22. The first-order valence-corrected chi connectivity index (χ1v) is 6.91. The van der Waals surface area contributed by atoms with Crippen LogP contribution in [-0.2, 0) is 9.59 Å². The SMILES string of the molecule is O=C(NCCCNCCO)C(=O)NCCCNCCO. The van der Waals surface area contributed by atoms with Crippen molar-refractivity contribution in [1.82, 2.24) is 21.3 Å². The first-order valence-electron chi connectivity index (χ1n) is 6.91. The van der Waals surface area contributed by atoms with Gasteiger partial charge >= 0.3 is 11.8 Å². The van der Waals surface area contributed by atoms with Crippen molar-refractivity contribution < 1.29 is 19.8 Å². The van der Waals surface area contributed by atoms with Crippen molar-refractivity contribution in [3.8, 4) is 0 Å². The van der Waals surface area contributed by atoms with Crippen LogP contribution in [0.4, 0.5) is 0 Å². The predicted molar refractivity (Wildman–Crippen MR) is 75.2 cm³/mol. The van der Waals surface area contributed by atoms with Gasteiger partial charge in [0, 0.05) is 26.2 Å². The van der Waals surface area contributed by atoms with Crippen LogP contribution in [-0.4, -0.2) is 74.5 Å². The van der Waals surface area contributed by atoms with Crippen LogP contribution in [0.1, 0.15) is 12.8 Å². The Kier molecular flexibility index (Phi) is 13.3. The summed E-state index contributed by atoms with van der Waals surface area (Å²) in [6.45, 7) is 3.42. The summed E-state index contributed by atoms with van der Waals surface area (Å²) in [6.07, 6.45) is 1.40. The van der Waals surface area contributed by atoms with Crippen molar-refractivity contribution >= 4 is 11.8 Å². The molecule has 0 rings (SSSR count). The maximum atomic E-state index is 11.4. The van der Waals surface area contributed by atoms with E-state index in [9.17, 15) is 9.59 Å². The maximum Gasteiger partial charge on any atom is 0.309 e. The highest BCUT2D eigenvalue weighted by Crippen LogP contribution is 1.77. The van der Waals surface area contributed by atoms with E-state index in [0.29, 0.717) is 52.1 Å². The van der Waals surface area contributed by atoms with Crippen LogP contribution in [0.15, 0.2) is 0 Å². The molecule has 0 bridgehead atoms. The number of rotatable bonds is 12. The Labute approximate surface area is 119 Å². The standard InChI is InChI=1S/C12H26N4O4/c17-9-7-13-3-1-5-15-11(19)12(20)16-6-2-4-14-8-10-18/h13-14,17-18H,1-10H2,(H,15,19)(H,16,20). The molecule has 0 saturated heterocycles. The molecule has 0 radical (unpaired) electrons. The molecule has 0 unspecified atom stereocenters. The fraction of sp³-hybridized carbons (Fsp3) is 0.833. The van der Waals surface area contributed by atoms with Gasteiger partial charge in [0.25, 0.3) is 0 Å². The quantitative estimate of drug-likeness (QED) is 0.170. The van der Waals surface area contributed by atoms with Gasteiger partial charge < -0.3 is 31.5 Å². The molecule has 0 saturated carbocycles. The van der Waals surface area contributed by atoms with Gasteiger partial charge in [-0.05, 0) is 25.9 Å². The maximum absolute atomic E-state index is 11.4. The van der Waals surface area contributed by atoms with Crippen LogP contribution in [0.25, 0.3) is 0 Å². The van der Waals surface area contributed by atoms with E-state index in [2.05, 4.69) is 21.3 Å². The third kappa shape index (κ3) is 11.8. The molecule has 20 heavy (non-hydrogen) atoms. The van der Waals surface area contributed by atoms with Crippen molar-refractivity contribution in [3.63, 3.8) is 0 Å². The van der Waals surface area contributed by atoms with Crippen molar-refractivity contribution in [2.24, 2.45) is 0 Å². The summed E-state index contributed by atoms with van der Waals surface area (Å²) in [4.78, 5) is 22.7. The third-order valence-corrected chi connectivity index (χ3v) is 2.42. The van der Waals surface area contributed by atoms with Crippen molar-refractivity contribution in [1.29, 1.82) is 0 Å². The number of hydrogen-bond donors (Lipinski definition) is 6. The number of aliphatic hydroxyl groups is 2. The molecule has 0 aromatic heterocycles. The van der Waals surface area contributed by atoms with Gasteiger partial charge in [-0.2, -0.15) is 0 Å². The summed E-state index contributed by atoms with van der Waals surface area (Å²) in [5.74, 6) is -1.26. The van der Waals surface area contributed by atoms with Crippen LogP contribution in [0.3, 0.4) is 0 Å². The molecule has 0 aromatic carbocycles. The average Bonchev–Trinajstić information content (AvgIpc) is 2.45. The molecule has 6 N–H and O–H groups in total. The minimum absolute atomic E-state index is 0.0852. The number of nitrogens with one attached hydrogen (secondary N) is 4. The normalized spacial score (nSPS) is 10.3. The molecule has 0 spiro atoms. The second kappa shape index (κ2) is 14.2. The van der Waals surface area contributed by atoms with Gasteiger partial charge in [0.05, 0.1) is 13.2 Å². The largest absolute Gasteiger partial charge is 0.395 e. The van der Waals surface area contributed by atoms with E-state index in [1.165, 1.54) is 0 Å². The van der Waals surface area contributed by atoms with Crippen LogP contribution in [0, 0.1) is 0 Å². The van der Waals surface area contributed by atoms with Crippen LogP contribution < -0.4 is 21.3 Å². The highest BCUT2D eigenvalue weighted by molar-refractivity contribution is 6.35. The van der Waals surface area contributed by atoms with Crippen molar-refractivity contribution in [2.45, 2.75) is 12.8 Å². The number of aliphatic hydroxyl groups excluding tert-OH is 2. The molecular weight excluding hydrogens is 264 g/mol. The molecular formula is C12H26N4O4. The van der Waals surface area contributed by atoms with Crippen molar-refractivity contribution in [3.05, 3.63) is 0 Å². The topological polar surface area (TPSA) is 123 Å². The Balaban J connectivity index is 3.40. The summed E-state index contributed by atoms with van der Waals surface area (Å²) in [6, 6.07) is 0. The first-order chi connectivity index (χ1) is 9.72. The van der Waals surface area contributed by atoms with E-state index in [4.69, 9.17) is 10.2 Å². The van der Waals surface area contributed by atoms with Crippen molar-refractivity contribution in [2.75, 3.05) is 52.5 Å². The van der Waals surface area contributed by atoms with E-state index >= 15 is 0 Å². The third-order valence-electron chi connectivity index (χ3n) is 2.42. The number of amides is 2. The lowest BCUT2D eigenvalue weighted by Gasteiger charge is -2.07. The summed E-state index contributed by atoms with van der Waals surface area (Å²) < 4.78 is 0. The van der Waals surface area contributed by atoms with Crippen LogP contribution in [0.2, 0.25) is 0 Å². The fourth-order valence-electron chi connectivity index (χ4n) is 1.40. The summed E-state index contributed by atoms with van der Waals surface area (Å²) in [7, 11) is 0. The lowest BCUT2D eigenvalue weighted by Crippen LogP contribution is -2.41. The summed E-state index contributed by atoms with van der Waals surface area (Å²) >= 11 is 0. The van der Waals surface area contributed by atoms with Crippen LogP contribution in [0.5, 0.6) is 0 Å². The molecule has 2 amide bonds. The fourth-order valence-corrected chi connectivity index (χ4v) is 1.40. The lowest BCUT2D eigenvalue weighted by atomic mass is 10.4. The minimum atomic E-state index is -0.629. The Morgan fingerprint density at radius 2 is 1.05 bits per heavy atom. The molecule has 0 aromatic rings. The molecule has 0 aliphatic heterocycles. The van der Waals surface area contributed by atoms with Crippen LogP contribution >= 0.6 is 0 Å². The smallest absolute Gasteiger partial charge is 0.309 e. The summed E-state index contributed by atoms with van der Waals surface area (Å²) in [5.41, 5.74) is 0. The van der Waals surface area contributed by atoms with Gasteiger partial charge in [0.1, 0.15) is 0 Å². The highest BCUT2D eigenvalue weighted by atomic mass is 16.3. The number of carbonyl (C=O) groups is 2. The zero-order valence-electron chi connectivity index (χ0n) is 11.8. The Morgan fingerprint density at radius 1 is 0.650 bits per heavy atom. The molecule has 0 atom stereocenters. The molecule has 0 aliphatic carbocycles.